The van der Waals surface area contributed by atoms with Crippen LogP contribution in [0.3, 0.4) is 0 Å². The second-order valence-electron chi connectivity index (χ2n) is 4.16. The average Bonchev–Trinajstić information content (AvgIpc) is 2.62. The standard InChI is InChI=1S/C11H15N3O3/c1-6-9(7(2)17-14-6)11(16)13-8-4-3-5-12-10(8)15/h8H,3-5H2,1-2H3,(H,12,15)(H,13,16). The summed E-state index contributed by atoms with van der Waals surface area (Å²) in [5.74, 6) is 0.0378. The van der Waals surface area contributed by atoms with Crippen molar-refractivity contribution in [1.82, 2.24) is 15.8 Å². The summed E-state index contributed by atoms with van der Waals surface area (Å²) in [5, 5.41) is 9.13. The summed E-state index contributed by atoms with van der Waals surface area (Å²) in [6, 6.07) is -0.454. The lowest BCUT2D eigenvalue weighted by molar-refractivity contribution is -0.124. The first-order valence-electron chi connectivity index (χ1n) is 5.61. The molecule has 0 spiro atoms. The fraction of sp³-hybridized carbons (Fsp3) is 0.545. The van der Waals surface area contributed by atoms with Crippen LogP contribution in [0.1, 0.15) is 34.7 Å². The van der Waals surface area contributed by atoms with Crippen LogP contribution in [0.15, 0.2) is 4.52 Å². The predicted octanol–water partition coefficient (Wildman–Crippen LogP) is 0.300. The van der Waals surface area contributed by atoms with E-state index in [9.17, 15) is 9.59 Å². The highest BCUT2D eigenvalue weighted by atomic mass is 16.5. The van der Waals surface area contributed by atoms with Gasteiger partial charge in [-0.3, -0.25) is 9.59 Å². The number of carbonyl (C=O) groups is 2. The molecule has 2 N–H and O–H groups in total. The smallest absolute Gasteiger partial charge is 0.257 e. The first-order valence-corrected chi connectivity index (χ1v) is 5.61. The minimum Gasteiger partial charge on any atom is -0.361 e. The Bertz CT molecular complexity index is 433. The molecule has 0 radical (unpaired) electrons. The van der Waals surface area contributed by atoms with Crippen molar-refractivity contribution >= 4 is 11.8 Å². The van der Waals surface area contributed by atoms with E-state index in [4.69, 9.17) is 4.52 Å². The highest BCUT2D eigenvalue weighted by Crippen LogP contribution is 2.13. The third kappa shape index (κ3) is 2.30. The van der Waals surface area contributed by atoms with Gasteiger partial charge in [0.25, 0.3) is 5.91 Å². The number of aryl methyl sites for hydroxylation is 2. The Balaban J connectivity index is 2.09. The molecule has 17 heavy (non-hydrogen) atoms. The topological polar surface area (TPSA) is 84.2 Å². The summed E-state index contributed by atoms with van der Waals surface area (Å²) in [4.78, 5) is 23.5. The van der Waals surface area contributed by atoms with Crippen LogP contribution in [0.4, 0.5) is 0 Å². The Morgan fingerprint density at radius 3 is 2.88 bits per heavy atom. The van der Waals surface area contributed by atoms with Crippen LogP contribution in [0, 0.1) is 13.8 Å². The van der Waals surface area contributed by atoms with Gasteiger partial charge in [-0.25, -0.2) is 0 Å². The summed E-state index contributed by atoms with van der Waals surface area (Å²) in [5.41, 5.74) is 0.958. The van der Waals surface area contributed by atoms with E-state index in [1.807, 2.05) is 0 Å². The first-order chi connectivity index (χ1) is 8.09. The lowest BCUT2D eigenvalue weighted by Gasteiger charge is -2.22. The predicted molar refractivity (Wildman–Crippen MR) is 59.5 cm³/mol. The quantitative estimate of drug-likeness (QED) is 0.774. The van der Waals surface area contributed by atoms with Crippen molar-refractivity contribution < 1.29 is 14.1 Å². The fourth-order valence-corrected chi connectivity index (χ4v) is 1.95. The van der Waals surface area contributed by atoms with Crippen molar-refractivity contribution in [2.75, 3.05) is 6.54 Å². The second kappa shape index (κ2) is 4.57. The maximum absolute atomic E-state index is 12.0. The van der Waals surface area contributed by atoms with Crippen LogP contribution >= 0.6 is 0 Å². The normalized spacial score (nSPS) is 19.9. The monoisotopic (exact) mass is 237 g/mol. The molecule has 1 aliphatic heterocycles. The van der Waals surface area contributed by atoms with Crippen molar-refractivity contribution in [2.24, 2.45) is 0 Å². The van der Waals surface area contributed by atoms with Crippen molar-refractivity contribution in [3.63, 3.8) is 0 Å². The summed E-state index contributed by atoms with van der Waals surface area (Å²) in [6.07, 6.45) is 1.54. The molecule has 0 bridgehead atoms. The number of aromatic nitrogens is 1. The van der Waals surface area contributed by atoms with E-state index in [1.54, 1.807) is 13.8 Å². The second-order valence-corrected chi connectivity index (χ2v) is 4.16. The zero-order chi connectivity index (χ0) is 12.4. The van der Waals surface area contributed by atoms with Crippen molar-refractivity contribution in [3.05, 3.63) is 17.0 Å². The van der Waals surface area contributed by atoms with Crippen molar-refractivity contribution in [2.45, 2.75) is 32.7 Å². The third-order valence-electron chi connectivity index (χ3n) is 2.85. The summed E-state index contributed by atoms with van der Waals surface area (Å²) >= 11 is 0. The van der Waals surface area contributed by atoms with E-state index in [2.05, 4.69) is 15.8 Å². The minimum atomic E-state index is -0.454. The van der Waals surface area contributed by atoms with Gasteiger partial charge in [-0.1, -0.05) is 5.16 Å². The molecule has 92 valence electrons. The Hall–Kier alpha value is -1.85. The number of rotatable bonds is 2. The number of nitrogens with zero attached hydrogens (tertiary/aromatic N) is 1. The number of piperidine rings is 1. The number of nitrogens with one attached hydrogen (secondary N) is 2. The summed E-state index contributed by atoms with van der Waals surface area (Å²) in [6.45, 7) is 4.05. The molecule has 2 heterocycles. The van der Waals surface area contributed by atoms with Crippen LogP contribution in [0.5, 0.6) is 0 Å². The van der Waals surface area contributed by atoms with Crippen LogP contribution in [-0.4, -0.2) is 29.6 Å². The molecular weight excluding hydrogens is 222 g/mol. The Labute approximate surface area is 98.7 Å². The molecule has 1 aromatic rings. The molecule has 1 saturated heterocycles. The SMILES string of the molecule is Cc1noc(C)c1C(=O)NC1CCCNC1=O. The summed E-state index contributed by atoms with van der Waals surface area (Å²) in [7, 11) is 0. The number of hydrogen-bond donors (Lipinski definition) is 2. The average molecular weight is 237 g/mol. The van der Waals surface area contributed by atoms with Crippen molar-refractivity contribution in [3.8, 4) is 0 Å². The lowest BCUT2D eigenvalue weighted by Crippen LogP contribution is -2.50. The highest BCUT2D eigenvalue weighted by Gasteiger charge is 2.26. The molecule has 1 aromatic heterocycles. The van der Waals surface area contributed by atoms with Gasteiger partial charge in [-0.05, 0) is 26.7 Å². The molecule has 2 rings (SSSR count). The molecule has 0 saturated carbocycles. The maximum atomic E-state index is 12.0. The van der Waals surface area contributed by atoms with Gasteiger partial charge in [0, 0.05) is 6.54 Å². The summed E-state index contributed by atoms with van der Waals surface area (Å²) < 4.78 is 4.92. The molecule has 1 aliphatic rings. The number of hydrogen-bond acceptors (Lipinski definition) is 4. The van der Waals surface area contributed by atoms with Gasteiger partial charge < -0.3 is 15.2 Å². The molecule has 1 fully saturated rings. The van der Waals surface area contributed by atoms with E-state index in [0.29, 0.717) is 30.0 Å². The molecule has 6 heteroatoms. The maximum Gasteiger partial charge on any atom is 0.257 e. The van der Waals surface area contributed by atoms with Gasteiger partial charge in [0.15, 0.2) is 0 Å². The van der Waals surface area contributed by atoms with E-state index in [1.165, 1.54) is 0 Å². The first kappa shape index (κ1) is 11.6. The molecule has 0 aliphatic carbocycles. The zero-order valence-corrected chi connectivity index (χ0v) is 9.87. The van der Waals surface area contributed by atoms with E-state index in [0.717, 1.165) is 6.42 Å². The van der Waals surface area contributed by atoms with Crippen LogP contribution in [0.2, 0.25) is 0 Å². The Kier molecular flexibility index (Phi) is 3.12. The molecule has 6 nitrogen and oxygen atoms in total. The van der Waals surface area contributed by atoms with Gasteiger partial charge in [0.05, 0.1) is 5.69 Å². The third-order valence-corrected chi connectivity index (χ3v) is 2.85. The zero-order valence-electron chi connectivity index (χ0n) is 9.87. The van der Waals surface area contributed by atoms with Gasteiger partial charge in [-0.15, -0.1) is 0 Å². The molecular formula is C11H15N3O3. The molecule has 1 unspecified atom stereocenters. The number of carbonyl (C=O) groups excluding carboxylic acids is 2. The van der Waals surface area contributed by atoms with E-state index < -0.39 is 6.04 Å². The van der Waals surface area contributed by atoms with Crippen LogP contribution in [-0.2, 0) is 4.79 Å². The molecule has 0 aromatic carbocycles. The van der Waals surface area contributed by atoms with Crippen LogP contribution in [0.25, 0.3) is 0 Å². The van der Waals surface area contributed by atoms with Gasteiger partial charge in [0.2, 0.25) is 5.91 Å². The Morgan fingerprint density at radius 2 is 2.29 bits per heavy atom. The van der Waals surface area contributed by atoms with Crippen LogP contribution < -0.4 is 10.6 Å². The van der Waals surface area contributed by atoms with Gasteiger partial charge in [-0.2, -0.15) is 0 Å². The molecule has 1 atom stereocenters. The van der Waals surface area contributed by atoms with E-state index >= 15 is 0 Å². The van der Waals surface area contributed by atoms with E-state index in [-0.39, 0.29) is 11.8 Å². The lowest BCUT2D eigenvalue weighted by atomic mass is 10.1. The van der Waals surface area contributed by atoms with Crippen molar-refractivity contribution in [1.29, 1.82) is 0 Å². The highest BCUT2D eigenvalue weighted by molar-refractivity contribution is 5.99. The fourth-order valence-electron chi connectivity index (χ4n) is 1.95. The Morgan fingerprint density at radius 1 is 1.53 bits per heavy atom. The largest absolute Gasteiger partial charge is 0.361 e. The minimum absolute atomic E-state index is 0.128. The van der Waals surface area contributed by atoms with Gasteiger partial charge >= 0.3 is 0 Å². The van der Waals surface area contributed by atoms with Gasteiger partial charge in [0.1, 0.15) is 17.4 Å². The molecule has 2 amide bonds. The number of amides is 2.